The Kier molecular flexibility index (Phi) is 8.62. The molecular weight excluding hydrogens is 601 g/mol. The third-order valence-electron chi connectivity index (χ3n) is 7.81. The number of morpholine rings is 1. The highest BCUT2D eigenvalue weighted by molar-refractivity contribution is 7.89. The first-order chi connectivity index (χ1) is 19.4. The van der Waals surface area contributed by atoms with E-state index in [9.17, 15) is 26.8 Å². The summed E-state index contributed by atoms with van der Waals surface area (Å²) in [4.78, 5) is 32.5. The zero-order valence-electron chi connectivity index (χ0n) is 22.5. The standard InChI is InChI=1S/C27H30Cl2F2N4O5S/c1-16(2)33-15-25-34(41(38,39)24-6-4-18(28)13-19(24)29)14-23(32-7-9-40-10-8-32)27(37)35(25)22(26(33)36)12-17-3-5-20(30)21(31)11-17/h3-6,11,13,16,22-23,25H,7-10,12,14-15H2,1-2H3. The number of nitrogens with zero attached hydrogens (tertiary/aromatic N) is 4. The second-order valence-corrected chi connectivity index (χ2v) is 13.3. The number of piperazine rings is 1. The van der Waals surface area contributed by atoms with Crippen molar-refractivity contribution in [2.24, 2.45) is 0 Å². The fraction of sp³-hybridized carbons (Fsp3) is 0.481. The summed E-state index contributed by atoms with van der Waals surface area (Å²) in [5.74, 6) is -2.93. The van der Waals surface area contributed by atoms with E-state index in [2.05, 4.69) is 0 Å². The van der Waals surface area contributed by atoms with E-state index in [4.69, 9.17) is 27.9 Å². The summed E-state index contributed by atoms with van der Waals surface area (Å²) in [5.41, 5.74) is 0.294. The summed E-state index contributed by atoms with van der Waals surface area (Å²) in [6.07, 6.45) is -1.20. The van der Waals surface area contributed by atoms with Crippen LogP contribution in [-0.2, 0) is 30.8 Å². The molecule has 2 aromatic carbocycles. The Morgan fingerprint density at radius 2 is 1.68 bits per heavy atom. The monoisotopic (exact) mass is 630 g/mol. The van der Waals surface area contributed by atoms with Crippen molar-refractivity contribution in [3.8, 4) is 0 Å². The van der Waals surface area contributed by atoms with Crippen LogP contribution in [0.25, 0.3) is 0 Å². The van der Waals surface area contributed by atoms with Crippen LogP contribution < -0.4 is 0 Å². The maximum atomic E-state index is 14.2. The average Bonchev–Trinajstić information content (AvgIpc) is 2.92. The molecule has 0 radical (unpaired) electrons. The first-order valence-corrected chi connectivity index (χ1v) is 15.4. The van der Waals surface area contributed by atoms with Crippen molar-refractivity contribution in [3.05, 3.63) is 63.6 Å². The number of benzene rings is 2. The molecular formula is C27H30Cl2F2N4O5S. The van der Waals surface area contributed by atoms with Gasteiger partial charge in [0.2, 0.25) is 21.8 Å². The topological polar surface area (TPSA) is 90.5 Å². The Labute approximate surface area is 247 Å². The molecule has 0 bridgehead atoms. The van der Waals surface area contributed by atoms with Crippen LogP contribution in [0.1, 0.15) is 19.4 Å². The van der Waals surface area contributed by atoms with E-state index in [0.29, 0.717) is 31.9 Å². The van der Waals surface area contributed by atoms with Crippen molar-refractivity contribution in [2.45, 2.75) is 49.5 Å². The molecule has 3 fully saturated rings. The summed E-state index contributed by atoms with van der Waals surface area (Å²) in [5, 5.41) is 0.186. The number of amides is 2. The highest BCUT2D eigenvalue weighted by Crippen LogP contribution is 2.36. The molecule has 14 heteroatoms. The Balaban J connectivity index is 1.63. The van der Waals surface area contributed by atoms with Crippen molar-refractivity contribution in [2.75, 3.05) is 39.4 Å². The van der Waals surface area contributed by atoms with E-state index in [1.165, 1.54) is 38.4 Å². The van der Waals surface area contributed by atoms with Crippen LogP contribution in [0.3, 0.4) is 0 Å². The highest BCUT2D eigenvalue weighted by Gasteiger charge is 2.55. The molecule has 0 spiro atoms. The van der Waals surface area contributed by atoms with Gasteiger partial charge in [-0.25, -0.2) is 17.2 Å². The summed E-state index contributed by atoms with van der Waals surface area (Å²) in [6.45, 7) is 4.85. The van der Waals surface area contributed by atoms with Gasteiger partial charge in [0.25, 0.3) is 0 Å². The maximum Gasteiger partial charge on any atom is 0.246 e. The van der Waals surface area contributed by atoms with Crippen LogP contribution >= 0.6 is 23.2 Å². The van der Waals surface area contributed by atoms with Crippen LogP contribution in [-0.4, -0.2) is 103 Å². The normalized spacial score (nSPS) is 24.7. The second-order valence-electron chi connectivity index (χ2n) is 10.6. The van der Waals surface area contributed by atoms with Gasteiger partial charge in [-0.05, 0) is 49.7 Å². The zero-order valence-corrected chi connectivity index (χ0v) is 24.8. The fourth-order valence-corrected chi connectivity index (χ4v) is 8.04. The number of hydrogen-bond donors (Lipinski definition) is 0. The quantitative estimate of drug-likeness (QED) is 0.488. The van der Waals surface area contributed by atoms with Crippen molar-refractivity contribution < 1.29 is 31.5 Å². The van der Waals surface area contributed by atoms with Crippen LogP contribution in [0.5, 0.6) is 0 Å². The van der Waals surface area contributed by atoms with Crippen LogP contribution in [0.2, 0.25) is 10.0 Å². The predicted octanol–water partition coefficient (Wildman–Crippen LogP) is 2.99. The molecule has 222 valence electrons. The average molecular weight is 632 g/mol. The molecule has 3 aliphatic rings. The summed E-state index contributed by atoms with van der Waals surface area (Å²) in [7, 11) is -4.31. The van der Waals surface area contributed by atoms with Gasteiger partial charge in [0, 0.05) is 37.1 Å². The molecule has 41 heavy (non-hydrogen) atoms. The molecule has 5 rings (SSSR count). The third-order valence-corrected chi connectivity index (χ3v) is 10.4. The Bertz CT molecular complexity index is 1460. The SMILES string of the molecule is CC(C)N1CC2N(C(=O)C(N3CCOCC3)CN2S(=O)(=O)c2ccc(Cl)cc2Cl)C(Cc2ccc(F)c(F)c2)C1=O. The van der Waals surface area contributed by atoms with Crippen LogP contribution in [0.4, 0.5) is 8.78 Å². The number of carbonyl (C=O) groups excluding carboxylic acids is 2. The smallest absolute Gasteiger partial charge is 0.246 e. The highest BCUT2D eigenvalue weighted by atomic mass is 35.5. The van der Waals surface area contributed by atoms with Crippen molar-refractivity contribution >= 4 is 45.0 Å². The van der Waals surface area contributed by atoms with E-state index < -0.39 is 51.7 Å². The molecule has 3 aliphatic heterocycles. The molecule has 3 saturated heterocycles. The number of halogens is 4. The van der Waals surface area contributed by atoms with Gasteiger partial charge in [-0.15, -0.1) is 0 Å². The molecule has 3 heterocycles. The summed E-state index contributed by atoms with van der Waals surface area (Å²) < 4.78 is 63.0. The Morgan fingerprint density at radius 3 is 2.32 bits per heavy atom. The minimum absolute atomic E-state index is 0.0726. The largest absolute Gasteiger partial charge is 0.379 e. The van der Waals surface area contributed by atoms with E-state index in [-0.39, 0.29) is 40.5 Å². The second kappa shape index (κ2) is 11.7. The molecule has 0 saturated carbocycles. The van der Waals surface area contributed by atoms with E-state index in [1.54, 1.807) is 13.8 Å². The lowest BCUT2D eigenvalue weighted by atomic mass is 9.96. The van der Waals surface area contributed by atoms with E-state index in [0.717, 1.165) is 12.1 Å². The van der Waals surface area contributed by atoms with Gasteiger partial charge in [-0.1, -0.05) is 29.3 Å². The van der Waals surface area contributed by atoms with Gasteiger partial charge in [0.15, 0.2) is 11.6 Å². The molecule has 2 aromatic rings. The van der Waals surface area contributed by atoms with Crippen LogP contribution in [0, 0.1) is 11.6 Å². The molecule has 0 aromatic heterocycles. The minimum atomic E-state index is -4.31. The predicted molar refractivity (Wildman–Crippen MR) is 148 cm³/mol. The summed E-state index contributed by atoms with van der Waals surface area (Å²) in [6, 6.07) is 4.99. The van der Waals surface area contributed by atoms with E-state index in [1.807, 2.05) is 4.90 Å². The van der Waals surface area contributed by atoms with Gasteiger partial charge in [-0.2, -0.15) is 4.31 Å². The van der Waals surface area contributed by atoms with Gasteiger partial charge in [0.05, 0.1) is 24.8 Å². The van der Waals surface area contributed by atoms with Crippen molar-refractivity contribution in [3.63, 3.8) is 0 Å². The number of rotatable bonds is 6. The molecule has 3 unspecified atom stereocenters. The summed E-state index contributed by atoms with van der Waals surface area (Å²) >= 11 is 12.4. The lowest BCUT2D eigenvalue weighted by Crippen LogP contribution is -2.76. The number of carbonyl (C=O) groups is 2. The number of sulfonamides is 1. The zero-order chi connectivity index (χ0) is 29.6. The number of fused-ring (bicyclic) bond motifs is 1. The molecule has 0 aliphatic carbocycles. The van der Waals surface area contributed by atoms with Gasteiger partial charge in [0.1, 0.15) is 23.1 Å². The fourth-order valence-electron chi connectivity index (χ4n) is 5.72. The van der Waals surface area contributed by atoms with Gasteiger partial charge in [-0.3, -0.25) is 14.5 Å². The Hall–Kier alpha value is -2.35. The third kappa shape index (κ3) is 5.70. The lowest BCUT2D eigenvalue weighted by Gasteiger charge is -2.55. The Morgan fingerprint density at radius 1 is 0.976 bits per heavy atom. The number of hydrogen-bond acceptors (Lipinski definition) is 6. The lowest BCUT2D eigenvalue weighted by molar-refractivity contribution is -0.173. The minimum Gasteiger partial charge on any atom is -0.379 e. The van der Waals surface area contributed by atoms with Crippen molar-refractivity contribution in [1.29, 1.82) is 0 Å². The van der Waals surface area contributed by atoms with Gasteiger partial charge < -0.3 is 14.5 Å². The van der Waals surface area contributed by atoms with E-state index >= 15 is 0 Å². The van der Waals surface area contributed by atoms with Crippen LogP contribution in [0.15, 0.2) is 41.3 Å². The number of ether oxygens (including phenoxy) is 1. The van der Waals surface area contributed by atoms with Crippen molar-refractivity contribution in [1.82, 2.24) is 19.0 Å². The first-order valence-electron chi connectivity index (χ1n) is 13.3. The molecule has 3 atom stereocenters. The van der Waals surface area contributed by atoms with Gasteiger partial charge >= 0.3 is 0 Å². The molecule has 0 N–H and O–H groups in total. The maximum absolute atomic E-state index is 14.2. The first kappa shape index (κ1) is 30.1. The molecule has 2 amide bonds. The molecule has 9 nitrogen and oxygen atoms in total.